The molecule has 0 aliphatic heterocycles. The molecule has 0 fully saturated rings. The monoisotopic (exact) mass is 450 g/mol. The van der Waals surface area contributed by atoms with Crippen molar-refractivity contribution in [1.82, 2.24) is 15.0 Å². The fraction of sp³-hybridized carbons (Fsp3) is 0.833. The van der Waals surface area contributed by atoms with E-state index in [2.05, 4.69) is 10.3 Å². The molecule has 1 aromatic rings. The molecule has 0 unspecified atom stereocenters. The first-order valence-electron chi connectivity index (χ1n) is 10.1. The van der Waals surface area contributed by atoms with E-state index < -0.39 is 30.3 Å². The maximum atomic E-state index is 10.7. The fourth-order valence-electron chi connectivity index (χ4n) is 2.44. The van der Waals surface area contributed by atoms with Gasteiger partial charge in [0.15, 0.2) is 0 Å². The van der Waals surface area contributed by atoms with E-state index >= 15 is 0 Å². The lowest BCUT2D eigenvalue weighted by Gasteiger charge is -2.22. The quantitative estimate of drug-likeness (QED) is 0.121. The van der Waals surface area contributed by atoms with Gasteiger partial charge in [0.05, 0.1) is 52.4 Å². The van der Waals surface area contributed by atoms with Crippen LogP contribution in [0.2, 0.25) is 0 Å². The summed E-state index contributed by atoms with van der Waals surface area (Å²) in [5.74, 6) is -1.02. The molecule has 0 spiro atoms. The van der Waals surface area contributed by atoms with Crippen LogP contribution in [0.3, 0.4) is 0 Å². The molecule has 0 bridgehead atoms. The Morgan fingerprint density at radius 1 is 0.968 bits per heavy atom. The van der Waals surface area contributed by atoms with Crippen molar-refractivity contribution in [2.45, 2.75) is 56.8 Å². The number of rotatable bonds is 19. The highest BCUT2D eigenvalue weighted by Gasteiger charge is 2.17. The van der Waals surface area contributed by atoms with Crippen molar-refractivity contribution < 1.29 is 44.5 Å². The predicted molar refractivity (Wildman–Crippen MR) is 106 cm³/mol. The van der Waals surface area contributed by atoms with E-state index in [1.165, 1.54) is 0 Å². The van der Waals surface area contributed by atoms with E-state index in [4.69, 9.17) is 45.5 Å². The van der Waals surface area contributed by atoms with Crippen LogP contribution in [-0.4, -0.2) is 110 Å². The molecular formula is C18H34N4O9. The van der Waals surface area contributed by atoms with Gasteiger partial charge >= 0.3 is 5.97 Å². The zero-order chi connectivity index (χ0) is 23.1. The van der Waals surface area contributed by atoms with E-state index in [0.717, 1.165) is 0 Å². The van der Waals surface area contributed by atoms with E-state index in [-0.39, 0.29) is 46.2 Å². The van der Waals surface area contributed by atoms with Crippen LogP contribution in [-0.2, 0) is 32.2 Å². The first kappa shape index (κ1) is 27.3. The number of aryl methyl sites for hydroxylation is 1. The molecule has 0 aliphatic rings. The van der Waals surface area contributed by atoms with Crippen LogP contribution < -0.4 is 5.73 Å². The Morgan fingerprint density at radius 3 is 2.06 bits per heavy atom. The standard InChI is InChI=1S/C18H34N4O9/c19-17(18(27)28)3-1-2-4-22-5-13(20-21-22)10-29-16(11-30-14(6-23)7-24)12-31-15(8-25)9-26/h5,14-17,23-26H,1-4,6-12,19H2,(H,27,28)/t17-/m1/s1. The molecule has 1 aromatic heterocycles. The second kappa shape index (κ2) is 16.0. The fourth-order valence-corrected chi connectivity index (χ4v) is 2.44. The van der Waals surface area contributed by atoms with Crippen LogP contribution in [0, 0.1) is 0 Å². The summed E-state index contributed by atoms with van der Waals surface area (Å²) in [4.78, 5) is 10.7. The number of aliphatic hydroxyl groups is 4. The molecule has 1 heterocycles. The number of ether oxygens (including phenoxy) is 3. The molecule has 0 saturated carbocycles. The number of hydrogen-bond acceptors (Lipinski definition) is 11. The summed E-state index contributed by atoms with van der Waals surface area (Å²) in [6, 6.07) is -0.867. The molecule has 0 aromatic carbocycles. The van der Waals surface area contributed by atoms with Crippen molar-refractivity contribution in [2.24, 2.45) is 5.73 Å². The van der Waals surface area contributed by atoms with Crippen molar-refractivity contribution >= 4 is 5.97 Å². The van der Waals surface area contributed by atoms with Gasteiger partial charge in [-0.3, -0.25) is 9.48 Å². The van der Waals surface area contributed by atoms with Gasteiger partial charge in [0.25, 0.3) is 0 Å². The van der Waals surface area contributed by atoms with E-state index in [1.807, 2.05) is 0 Å². The minimum Gasteiger partial charge on any atom is -0.480 e. The number of aliphatic carboxylic acids is 1. The number of unbranched alkanes of at least 4 members (excludes halogenated alkanes) is 1. The summed E-state index contributed by atoms with van der Waals surface area (Å²) in [6.07, 6.45) is 1.30. The van der Waals surface area contributed by atoms with Gasteiger partial charge < -0.3 is 45.5 Å². The normalized spacial score (nSPS) is 12.9. The maximum absolute atomic E-state index is 10.7. The molecular weight excluding hydrogens is 416 g/mol. The minimum atomic E-state index is -1.02. The van der Waals surface area contributed by atoms with Gasteiger partial charge in [-0.2, -0.15) is 0 Å². The summed E-state index contributed by atoms with van der Waals surface area (Å²) in [7, 11) is 0. The van der Waals surface area contributed by atoms with Gasteiger partial charge in [-0.15, -0.1) is 5.10 Å². The topological polar surface area (TPSA) is 203 Å². The van der Waals surface area contributed by atoms with Crippen molar-refractivity contribution in [1.29, 1.82) is 0 Å². The van der Waals surface area contributed by atoms with Gasteiger partial charge in [-0.05, 0) is 19.3 Å². The second-order valence-electron chi connectivity index (χ2n) is 6.99. The van der Waals surface area contributed by atoms with Crippen molar-refractivity contribution in [3.05, 3.63) is 11.9 Å². The lowest BCUT2D eigenvalue weighted by molar-refractivity contribution is -0.138. The van der Waals surface area contributed by atoms with Crippen LogP contribution >= 0.6 is 0 Å². The molecule has 7 N–H and O–H groups in total. The highest BCUT2D eigenvalue weighted by molar-refractivity contribution is 5.72. The smallest absolute Gasteiger partial charge is 0.320 e. The van der Waals surface area contributed by atoms with Crippen molar-refractivity contribution in [3.63, 3.8) is 0 Å². The average molecular weight is 450 g/mol. The maximum Gasteiger partial charge on any atom is 0.320 e. The average Bonchev–Trinajstić information content (AvgIpc) is 3.23. The van der Waals surface area contributed by atoms with Crippen LogP contribution in [0.4, 0.5) is 0 Å². The molecule has 0 amide bonds. The van der Waals surface area contributed by atoms with Gasteiger partial charge in [0.1, 0.15) is 30.0 Å². The first-order valence-corrected chi connectivity index (χ1v) is 10.1. The minimum absolute atomic E-state index is 0.00728. The van der Waals surface area contributed by atoms with Crippen LogP contribution in [0.25, 0.3) is 0 Å². The van der Waals surface area contributed by atoms with E-state index in [9.17, 15) is 4.79 Å². The third kappa shape index (κ3) is 11.5. The second-order valence-corrected chi connectivity index (χ2v) is 6.99. The highest BCUT2D eigenvalue weighted by atomic mass is 16.6. The van der Waals surface area contributed by atoms with E-state index in [1.54, 1.807) is 10.9 Å². The number of carbonyl (C=O) groups is 1. The molecule has 0 saturated heterocycles. The number of carboxylic acid groups (broad SMARTS) is 1. The number of nitrogens with two attached hydrogens (primary N) is 1. The summed E-state index contributed by atoms with van der Waals surface area (Å²) >= 11 is 0. The Hall–Kier alpha value is -1.71. The Morgan fingerprint density at radius 2 is 1.55 bits per heavy atom. The summed E-state index contributed by atoms with van der Waals surface area (Å²) in [6.45, 7) is -0.763. The number of aromatic nitrogens is 3. The van der Waals surface area contributed by atoms with Crippen LogP contribution in [0.5, 0.6) is 0 Å². The summed E-state index contributed by atoms with van der Waals surface area (Å²) in [5.41, 5.74) is 6.01. The SMILES string of the molecule is N[C@H](CCCCn1cc(COC(COC(CO)CO)COC(CO)CO)nn1)C(=O)O. The number of nitrogens with zero attached hydrogens (tertiary/aromatic N) is 3. The van der Waals surface area contributed by atoms with Crippen LogP contribution in [0.1, 0.15) is 25.0 Å². The van der Waals surface area contributed by atoms with Crippen molar-refractivity contribution in [3.8, 4) is 0 Å². The zero-order valence-corrected chi connectivity index (χ0v) is 17.5. The lowest BCUT2D eigenvalue weighted by Crippen LogP contribution is -2.34. The molecule has 31 heavy (non-hydrogen) atoms. The van der Waals surface area contributed by atoms with Gasteiger partial charge in [0.2, 0.25) is 0 Å². The Labute approximate surface area is 180 Å². The number of aliphatic hydroxyl groups excluding tert-OH is 4. The third-order valence-electron chi connectivity index (χ3n) is 4.37. The molecule has 1 atom stereocenters. The van der Waals surface area contributed by atoms with Crippen LogP contribution in [0.15, 0.2) is 6.20 Å². The molecule has 0 radical (unpaired) electrons. The molecule has 0 aliphatic carbocycles. The predicted octanol–water partition coefficient (Wildman–Crippen LogP) is -2.51. The van der Waals surface area contributed by atoms with Gasteiger partial charge in [-0.1, -0.05) is 5.21 Å². The number of hydrogen-bond donors (Lipinski definition) is 6. The van der Waals surface area contributed by atoms with E-state index in [0.29, 0.717) is 31.5 Å². The molecule has 13 nitrogen and oxygen atoms in total. The van der Waals surface area contributed by atoms with Gasteiger partial charge in [-0.25, -0.2) is 0 Å². The largest absolute Gasteiger partial charge is 0.480 e. The third-order valence-corrected chi connectivity index (χ3v) is 4.37. The zero-order valence-electron chi connectivity index (χ0n) is 17.5. The Balaban J connectivity index is 2.47. The summed E-state index contributed by atoms with van der Waals surface area (Å²) < 4.78 is 18.1. The molecule has 13 heteroatoms. The first-order chi connectivity index (χ1) is 14.9. The molecule has 180 valence electrons. The molecule has 1 rings (SSSR count). The Kier molecular flexibility index (Phi) is 14.1. The van der Waals surface area contributed by atoms with Crippen molar-refractivity contribution in [2.75, 3.05) is 39.6 Å². The summed E-state index contributed by atoms with van der Waals surface area (Å²) in [5, 5.41) is 53.2. The highest BCUT2D eigenvalue weighted by Crippen LogP contribution is 2.07. The lowest BCUT2D eigenvalue weighted by atomic mass is 10.1. The Bertz CT molecular complexity index is 580. The number of carboxylic acids is 1. The van der Waals surface area contributed by atoms with Gasteiger partial charge in [0, 0.05) is 6.54 Å².